The Kier molecular flexibility index (Phi) is 6.12. The van der Waals surface area contributed by atoms with Crippen LogP contribution in [0.1, 0.15) is 23.9 Å². The van der Waals surface area contributed by atoms with E-state index in [0.29, 0.717) is 0 Å². The number of thioether (sulfide) groups is 1. The van der Waals surface area contributed by atoms with Crippen LogP contribution in [0.5, 0.6) is 5.75 Å². The fourth-order valence-electron chi connectivity index (χ4n) is 3.18. The van der Waals surface area contributed by atoms with Gasteiger partial charge in [0.05, 0.1) is 18.6 Å². The second-order valence-electron chi connectivity index (χ2n) is 6.43. The third-order valence-electron chi connectivity index (χ3n) is 4.55. The molecular weight excluding hydrogens is 392 g/mol. The SMILES string of the molecule is CCOC(=O)CN1C(=O)S/C(=C\c2cc(C)n(-c3ccc(OC)cc3)c2C)C1=O. The molecule has 0 N–H and O–H groups in total. The fourth-order valence-corrected chi connectivity index (χ4v) is 4.00. The number of hydrogen-bond acceptors (Lipinski definition) is 6. The zero-order chi connectivity index (χ0) is 21.1. The Labute approximate surface area is 173 Å². The molecule has 7 nitrogen and oxygen atoms in total. The normalized spacial score (nSPS) is 15.3. The third-order valence-corrected chi connectivity index (χ3v) is 5.46. The van der Waals surface area contributed by atoms with Gasteiger partial charge in [0, 0.05) is 17.1 Å². The van der Waals surface area contributed by atoms with Crippen LogP contribution in [-0.4, -0.2) is 46.8 Å². The molecule has 0 bridgehead atoms. The van der Waals surface area contributed by atoms with E-state index in [2.05, 4.69) is 4.57 Å². The standard InChI is InChI=1S/C21H22N2O5S/c1-5-28-19(24)12-22-20(25)18(29-21(22)26)11-15-10-13(2)23(14(15)3)16-6-8-17(27-4)9-7-16/h6-11H,5,12H2,1-4H3/b18-11-. The van der Waals surface area contributed by atoms with Crippen molar-refractivity contribution in [3.63, 3.8) is 0 Å². The Hall–Kier alpha value is -3.00. The molecule has 0 radical (unpaired) electrons. The molecule has 8 heteroatoms. The number of esters is 1. The van der Waals surface area contributed by atoms with Gasteiger partial charge in [0.15, 0.2) is 0 Å². The quantitative estimate of drug-likeness (QED) is 0.530. The van der Waals surface area contributed by atoms with Gasteiger partial charge < -0.3 is 14.0 Å². The number of nitrogens with zero attached hydrogens (tertiary/aromatic N) is 2. The van der Waals surface area contributed by atoms with E-state index in [0.717, 1.165) is 45.1 Å². The molecule has 2 heterocycles. The first-order chi connectivity index (χ1) is 13.8. The Bertz CT molecular complexity index is 991. The molecule has 152 valence electrons. The summed E-state index contributed by atoms with van der Waals surface area (Å²) in [6.45, 7) is 5.42. The predicted molar refractivity (Wildman–Crippen MR) is 111 cm³/mol. The van der Waals surface area contributed by atoms with Crippen LogP contribution in [0.4, 0.5) is 4.79 Å². The summed E-state index contributed by atoms with van der Waals surface area (Å²) in [5, 5.41) is -0.474. The maximum Gasteiger partial charge on any atom is 0.326 e. The maximum atomic E-state index is 12.6. The first-order valence-corrected chi connectivity index (χ1v) is 9.91. The molecule has 2 aromatic rings. The van der Waals surface area contributed by atoms with Gasteiger partial charge in [-0.2, -0.15) is 0 Å². The molecule has 0 saturated carbocycles. The molecule has 1 aliphatic rings. The highest BCUT2D eigenvalue weighted by Crippen LogP contribution is 2.33. The fraction of sp³-hybridized carbons (Fsp3) is 0.286. The molecule has 1 fully saturated rings. The number of methoxy groups -OCH3 is 1. The lowest BCUT2D eigenvalue weighted by molar-refractivity contribution is -0.145. The van der Waals surface area contributed by atoms with Gasteiger partial charge in [0.25, 0.3) is 11.1 Å². The molecule has 1 aromatic carbocycles. The number of imide groups is 1. The van der Waals surface area contributed by atoms with Crippen molar-refractivity contribution in [1.29, 1.82) is 0 Å². The Balaban J connectivity index is 1.88. The molecule has 0 aliphatic carbocycles. The predicted octanol–water partition coefficient (Wildman–Crippen LogP) is 3.70. The van der Waals surface area contributed by atoms with Crippen LogP contribution in [0.3, 0.4) is 0 Å². The van der Waals surface area contributed by atoms with Crippen LogP contribution in [0.25, 0.3) is 11.8 Å². The monoisotopic (exact) mass is 414 g/mol. The van der Waals surface area contributed by atoms with E-state index in [-0.39, 0.29) is 18.1 Å². The lowest BCUT2D eigenvalue weighted by atomic mass is 10.2. The van der Waals surface area contributed by atoms with E-state index in [1.807, 2.05) is 44.2 Å². The van der Waals surface area contributed by atoms with Crippen LogP contribution < -0.4 is 4.74 Å². The minimum Gasteiger partial charge on any atom is -0.497 e. The summed E-state index contributed by atoms with van der Waals surface area (Å²) in [7, 11) is 1.62. The minimum absolute atomic E-state index is 0.197. The number of ether oxygens (including phenoxy) is 2. The summed E-state index contributed by atoms with van der Waals surface area (Å²) in [5.41, 5.74) is 3.73. The summed E-state index contributed by atoms with van der Waals surface area (Å²) in [6.07, 6.45) is 1.69. The van der Waals surface area contributed by atoms with Crippen molar-refractivity contribution in [2.75, 3.05) is 20.3 Å². The molecule has 2 amide bonds. The smallest absolute Gasteiger partial charge is 0.326 e. The highest BCUT2D eigenvalue weighted by molar-refractivity contribution is 8.18. The number of carbonyl (C=O) groups is 3. The summed E-state index contributed by atoms with van der Waals surface area (Å²) in [6, 6.07) is 9.63. The van der Waals surface area contributed by atoms with Gasteiger partial charge in [0.1, 0.15) is 12.3 Å². The Morgan fingerprint density at radius 3 is 2.48 bits per heavy atom. The van der Waals surface area contributed by atoms with Crippen molar-refractivity contribution >= 4 is 35.0 Å². The van der Waals surface area contributed by atoms with Gasteiger partial charge in [-0.15, -0.1) is 0 Å². The van der Waals surface area contributed by atoms with Gasteiger partial charge in [-0.3, -0.25) is 19.3 Å². The molecular formula is C21H22N2O5S. The first-order valence-electron chi connectivity index (χ1n) is 9.10. The molecule has 1 aliphatic heterocycles. The lowest BCUT2D eigenvalue weighted by Crippen LogP contribution is -2.34. The van der Waals surface area contributed by atoms with Gasteiger partial charge in [-0.05, 0) is 74.5 Å². The molecule has 1 aromatic heterocycles. The molecule has 0 unspecified atom stereocenters. The van der Waals surface area contributed by atoms with Gasteiger partial charge in [-0.1, -0.05) is 0 Å². The highest BCUT2D eigenvalue weighted by atomic mass is 32.2. The van der Waals surface area contributed by atoms with Crippen LogP contribution in [0, 0.1) is 13.8 Å². The summed E-state index contributed by atoms with van der Waals surface area (Å²) in [5.74, 6) is -0.317. The van der Waals surface area contributed by atoms with E-state index in [9.17, 15) is 14.4 Å². The summed E-state index contributed by atoms with van der Waals surface area (Å²) in [4.78, 5) is 37.6. The zero-order valence-corrected chi connectivity index (χ0v) is 17.5. The molecule has 0 atom stereocenters. The summed E-state index contributed by atoms with van der Waals surface area (Å²) >= 11 is 0.826. The minimum atomic E-state index is -0.603. The number of aryl methyl sites for hydroxylation is 1. The number of amides is 2. The zero-order valence-electron chi connectivity index (χ0n) is 16.7. The molecule has 29 heavy (non-hydrogen) atoms. The van der Waals surface area contributed by atoms with E-state index < -0.39 is 17.1 Å². The second-order valence-corrected chi connectivity index (χ2v) is 7.43. The molecule has 3 rings (SSSR count). The number of carbonyl (C=O) groups excluding carboxylic acids is 3. The average molecular weight is 414 g/mol. The summed E-state index contributed by atoms with van der Waals surface area (Å²) < 4.78 is 12.1. The van der Waals surface area contributed by atoms with E-state index in [4.69, 9.17) is 9.47 Å². The number of rotatable bonds is 6. The van der Waals surface area contributed by atoms with Crippen molar-refractivity contribution in [2.24, 2.45) is 0 Å². The van der Waals surface area contributed by atoms with E-state index in [1.54, 1.807) is 20.1 Å². The molecule has 0 spiro atoms. The number of benzene rings is 1. The van der Waals surface area contributed by atoms with Crippen LogP contribution in [0.2, 0.25) is 0 Å². The van der Waals surface area contributed by atoms with Crippen LogP contribution in [-0.2, 0) is 14.3 Å². The number of hydrogen-bond donors (Lipinski definition) is 0. The third kappa shape index (κ3) is 4.22. The molecule has 1 saturated heterocycles. The number of aromatic nitrogens is 1. The Morgan fingerprint density at radius 2 is 1.86 bits per heavy atom. The largest absolute Gasteiger partial charge is 0.497 e. The van der Waals surface area contributed by atoms with Gasteiger partial charge in [-0.25, -0.2) is 0 Å². The van der Waals surface area contributed by atoms with Crippen molar-refractivity contribution in [3.05, 3.63) is 52.2 Å². The van der Waals surface area contributed by atoms with Crippen molar-refractivity contribution in [3.8, 4) is 11.4 Å². The van der Waals surface area contributed by atoms with E-state index >= 15 is 0 Å². The van der Waals surface area contributed by atoms with Crippen molar-refractivity contribution in [1.82, 2.24) is 9.47 Å². The Morgan fingerprint density at radius 1 is 1.17 bits per heavy atom. The average Bonchev–Trinajstić information content (AvgIpc) is 3.12. The highest BCUT2D eigenvalue weighted by Gasteiger charge is 2.36. The van der Waals surface area contributed by atoms with Crippen LogP contribution >= 0.6 is 11.8 Å². The lowest BCUT2D eigenvalue weighted by Gasteiger charge is -2.11. The first kappa shape index (κ1) is 20.7. The van der Waals surface area contributed by atoms with Gasteiger partial charge >= 0.3 is 5.97 Å². The van der Waals surface area contributed by atoms with Crippen molar-refractivity contribution < 1.29 is 23.9 Å². The topological polar surface area (TPSA) is 77.8 Å². The van der Waals surface area contributed by atoms with Crippen LogP contribution in [0.15, 0.2) is 35.2 Å². The maximum absolute atomic E-state index is 12.6. The van der Waals surface area contributed by atoms with Crippen molar-refractivity contribution in [2.45, 2.75) is 20.8 Å². The second kappa shape index (κ2) is 8.57. The van der Waals surface area contributed by atoms with E-state index in [1.165, 1.54) is 0 Å². The van der Waals surface area contributed by atoms with Gasteiger partial charge in [0.2, 0.25) is 0 Å².